The van der Waals surface area contributed by atoms with Crippen LogP contribution in [0.25, 0.3) is 0 Å². The van der Waals surface area contributed by atoms with Crippen molar-refractivity contribution in [2.75, 3.05) is 0 Å². The third kappa shape index (κ3) is 4.39. The van der Waals surface area contributed by atoms with E-state index in [0.717, 1.165) is 25.7 Å². The summed E-state index contributed by atoms with van der Waals surface area (Å²) >= 11 is 2.11. The lowest BCUT2D eigenvalue weighted by atomic mass is 9.85. The van der Waals surface area contributed by atoms with Crippen LogP contribution in [-0.4, -0.2) is 16.0 Å². The van der Waals surface area contributed by atoms with Crippen molar-refractivity contribution in [1.82, 2.24) is 0 Å². The summed E-state index contributed by atoms with van der Waals surface area (Å²) < 4.78 is 24.6. The zero-order valence-corrected chi connectivity index (χ0v) is 9.36. The van der Waals surface area contributed by atoms with Crippen LogP contribution >= 0.6 is 15.9 Å². The van der Waals surface area contributed by atoms with Gasteiger partial charge in [-0.05, 0) is 24.7 Å². The Morgan fingerprint density at radius 3 is 2.36 bits per heavy atom. The number of hydrogen-bond donors (Lipinski definition) is 1. The second-order valence-corrected chi connectivity index (χ2v) is 4.61. The molecule has 0 saturated heterocycles. The zero-order chi connectivity index (χ0) is 10.6. The Hall–Kier alpha value is -0.140. The smallest absolute Gasteiger partial charge is 0.363 e. The van der Waals surface area contributed by atoms with Crippen molar-refractivity contribution in [3.05, 3.63) is 0 Å². The highest BCUT2D eigenvalue weighted by Crippen LogP contribution is 2.26. The van der Waals surface area contributed by atoms with Crippen molar-refractivity contribution in [1.29, 1.82) is 0 Å². The quantitative estimate of drug-likeness (QED) is 0.572. The number of halogens is 3. The van der Waals surface area contributed by atoms with Gasteiger partial charge in [0.05, 0.1) is 0 Å². The van der Waals surface area contributed by atoms with Gasteiger partial charge in [-0.15, -0.1) is 0 Å². The average Bonchev–Trinajstić information content (AvgIpc) is 2.14. The van der Waals surface area contributed by atoms with Crippen LogP contribution in [-0.2, 0) is 0 Å². The average molecular weight is 267 g/mol. The van der Waals surface area contributed by atoms with Crippen molar-refractivity contribution in [2.24, 2.45) is 5.92 Å². The molecule has 1 fully saturated rings. The van der Waals surface area contributed by atoms with E-state index in [-0.39, 0.29) is 5.92 Å². The minimum absolute atomic E-state index is 0.0751. The van der Waals surface area contributed by atoms with Crippen LogP contribution in [0.4, 0.5) is 8.78 Å². The Kier molecular flexibility index (Phi) is 4.33. The van der Waals surface area contributed by atoms with Crippen LogP contribution < -0.4 is 0 Å². The van der Waals surface area contributed by atoms with E-state index >= 15 is 0 Å². The van der Waals surface area contributed by atoms with E-state index in [1.807, 2.05) is 0 Å². The molecule has 0 bridgehead atoms. The number of alkyl halides is 3. The second-order valence-electron chi connectivity index (χ2n) is 3.61. The van der Waals surface area contributed by atoms with Crippen LogP contribution in [0.3, 0.4) is 0 Å². The van der Waals surface area contributed by atoms with E-state index in [9.17, 15) is 13.9 Å². The highest BCUT2D eigenvalue weighted by molar-refractivity contribution is 9.10. The van der Waals surface area contributed by atoms with E-state index in [2.05, 4.69) is 21.9 Å². The lowest BCUT2D eigenvalue weighted by Crippen LogP contribution is -2.21. The minimum atomic E-state index is -3.18. The molecule has 0 heterocycles. The molecule has 14 heavy (non-hydrogen) atoms. The van der Waals surface area contributed by atoms with Crippen LogP contribution in [0.5, 0.6) is 0 Å². The topological polar surface area (TPSA) is 20.2 Å². The Balaban J connectivity index is 2.46. The predicted molar refractivity (Wildman–Crippen MR) is 54.2 cm³/mol. The summed E-state index contributed by atoms with van der Waals surface area (Å²) in [7, 11) is 0. The molecular formula is C10H13BrF2O. The predicted octanol–water partition coefficient (Wildman–Crippen LogP) is 2.92. The third-order valence-corrected chi connectivity index (χ3v) is 2.66. The maximum Gasteiger partial charge on any atom is 0.363 e. The molecule has 1 nitrogen and oxygen atoms in total. The molecule has 1 atom stereocenters. The van der Waals surface area contributed by atoms with Crippen LogP contribution in [0, 0.1) is 17.8 Å². The normalized spacial score (nSPS) is 21.1. The Labute approximate surface area is 91.0 Å². The van der Waals surface area contributed by atoms with Gasteiger partial charge in [0.15, 0.2) is 0 Å². The lowest BCUT2D eigenvalue weighted by molar-refractivity contribution is 0.131. The molecule has 0 aromatic carbocycles. The summed E-state index contributed by atoms with van der Waals surface area (Å²) in [6.07, 6.45) is 4.18. The van der Waals surface area contributed by atoms with Gasteiger partial charge in [-0.3, -0.25) is 0 Å². The molecule has 1 aliphatic carbocycles. The maximum atomic E-state index is 12.3. The molecule has 80 valence electrons. The summed E-state index contributed by atoms with van der Waals surface area (Å²) in [5, 5.41) is 9.51. The Morgan fingerprint density at radius 2 is 1.86 bits per heavy atom. The molecule has 0 amide bonds. The zero-order valence-electron chi connectivity index (χ0n) is 7.77. The van der Waals surface area contributed by atoms with E-state index in [4.69, 9.17) is 0 Å². The summed E-state index contributed by atoms with van der Waals surface area (Å²) in [4.78, 5) is -3.18. The summed E-state index contributed by atoms with van der Waals surface area (Å²) in [6, 6.07) is 0. The Bertz CT molecular complexity index is 233. The molecule has 0 radical (unpaired) electrons. The molecule has 1 aliphatic rings. The number of aliphatic hydroxyl groups is 1. The van der Waals surface area contributed by atoms with Gasteiger partial charge in [0.1, 0.15) is 6.10 Å². The van der Waals surface area contributed by atoms with Crippen LogP contribution in [0.1, 0.15) is 32.1 Å². The van der Waals surface area contributed by atoms with Crippen molar-refractivity contribution >= 4 is 15.9 Å². The highest BCUT2D eigenvalue weighted by Gasteiger charge is 2.23. The molecule has 0 spiro atoms. The van der Waals surface area contributed by atoms with Crippen molar-refractivity contribution < 1.29 is 13.9 Å². The fraction of sp³-hybridized carbons (Fsp3) is 0.800. The lowest BCUT2D eigenvalue weighted by Gasteiger charge is -2.23. The van der Waals surface area contributed by atoms with E-state index < -0.39 is 10.9 Å². The summed E-state index contributed by atoms with van der Waals surface area (Å²) in [5.74, 6) is 3.98. The number of aliphatic hydroxyl groups excluding tert-OH is 1. The molecule has 1 rings (SSSR count). The Morgan fingerprint density at radius 1 is 1.29 bits per heavy atom. The third-order valence-electron chi connectivity index (χ3n) is 2.46. The molecule has 1 unspecified atom stereocenters. The summed E-state index contributed by atoms with van der Waals surface area (Å²) in [5.41, 5.74) is 0. The van der Waals surface area contributed by atoms with Crippen LogP contribution in [0.15, 0.2) is 0 Å². The van der Waals surface area contributed by atoms with Gasteiger partial charge in [-0.25, -0.2) is 0 Å². The first-order chi connectivity index (χ1) is 6.49. The molecular weight excluding hydrogens is 254 g/mol. The van der Waals surface area contributed by atoms with Gasteiger partial charge in [-0.1, -0.05) is 25.2 Å². The standard InChI is InChI=1S/C10H13BrF2O/c11-10(12,13)7-6-9(14)8-4-2-1-3-5-8/h8-9,14H,1-5H2. The van der Waals surface area contributed by atoms with Gasteiger partial charge in [-0.2, -0.15) is 8.78 Å². The van der Waals surface area contributed by atoms with Gasteiger partial charge in [0, 0.05) is 15.9 Å². The molecule has 1 N–H and O–H groups in total. The van der Waals surface area contributed by atoms with Gasteiger partial charge in [0.25, 0.3) is 0 Å². The van der Waals surface area contributed by atoms with E-state index in [1.165, 1.54) is 6.42 Å². The van der Waals surface area contributed by atoms with Crippen molar-refractivity contribution in [3.63, 3.8) is 0 Å². The van der Waals surface area contributed by atoms with Crippen molar-refractivity contribution in [3.8, 4) is 11.8 Å². The summed E-state index contributed by atoms with van der Waals surface area (Å²) in [6.45, 7) is 0. The first kappa shape index (κ1) is 11.9. The van der Waals surface area contributed by atoms with Gasteiger partial charge >= 0.3 is 4.83 Å². The highest BCUT2D eigenvalue weighted by atomic mass is 79.9. The fourth-order valence-corrected chi connectivity index (χ4v) is 1.84. The first-order valence-electron chi connectivity index (χ1n) is 4.76. The fourth-order valence-electron chi connectivity index (χ4n) is 1.72. The van der Waals surface area contributed by atoms with Gasteiger partial charge < -0.3 is 5.11 Å². The number of hydrogen-bond acceptors (Lipinski definition) is 1. The van der Waals surface area contributed by atoms with Gasteiger partial charge in [0.2, 0.25) is 0 Å². The molecule has 0 aliphatic heterocycles. The minimum Gasteiger partial charge on any atom is -0.380 e. The molecule has 4 heteroatoms. The largest absolute Gasteiger partial charge is 0.380 e. The second kappa shape index (κ2) is 5.09. The van der Waals surface area contributed by atoms with E-state index in [0.29, 0.717) is 0 Å². The molecule has 0 aromatic rings. The monoisotopic (exact) mass is 266 g/mol. The maximum absolute atomic E-state index is 12.3. The number of rotatable bonds is 1. The first-order valence-corrected chi connectivity index (χ1v) is 5.56. The molecule has 1 saturated carbocycles. The van der Waals surface area contributed by atoms with E-state index in [1.54, 1.807) is 5.92 Å². The van der Waals surface area contributed by atoms with Crippen LogP contribution in [0.2, 0.25) is 0 Å². The van der Waals surface area contributed by atoms with Crippen molar-refractivity contribution in [2.45, 2.75) is 43.0 Å². The SMILES string of the molecule is OC(C#CC(F)(F)Br)C1CCCCC1. The molecule has 0 aromatic heterocycles.